The maximum absolute atomic E-state index is 12.1. The van der Waals surface area contributed by atoms with Crippen molar-refractivity contribution in [2.24, 2.45) is 5.10 Å². The van der Waals surface area contributed by atoms with Gasteiger partial charge >= 0.3 is 0 Å². The van der Waals surface area contributed by atoms with Crippen LogP contribution in [-0.4, -0.2) is 22.4 Å². The van der Waals surface area contributed by atoms with Crippen LogP contribution in [0.1, 0.15) is 12.5 Å². The molecule has 1 atom stereocenters. The number of hydrogen-bond donors (Lipinski definition) is 1. The average Bonchev–Trinajstić information content (AvgIpc) is 2.98. The van der Waals surface area contributed by atoms with E-state index >= 15 is 0 Å². The summed E-state index contributed by atoms with van der Waals surface area (Å²) in [6.45, 7) is 1.84. The van der Waals surface area contributed by atoms with E-state index in [1.54, 1.807) is 29.7 Å². The predicted octanol–water partition coefficient (Wildman–Crippen LogP) is 4.58. The van der Waals surface area contributed by atoms with E-state index in [-0.39, 0.29) is 11.2 Å². The van der Waals surface area contributed by atoms with Crippen LogP contribution in [0.5, 0.6) is 0 Å². The van der Waals surface area contributed by atoms with Crippen molar-refractivity contribution in [3.8, 4) is 0 Å². The number of hydrazone groups is 1. The van der Waals surface area contributed by atoms with Crippen molar-refractivity contribution >= 4 is 57.0 Å². The molecule has 0 bridgehead atoms. The Morgan fingerprint density at radius 1 is 1.29 bits per heavy atom. The van der Waals surface area contributed by atoms with E-state index in [9.17, 15) is 4.79 Å². The van der Waals surface area contributed by atoms with Crippen molar-refractivity contribution in [2.75, 3.05) is 0 Å². The topological polar surface area (TPSA) is 54.4 Å². The fourth-order valence-electron chi connectivity index (χ4n) is 1.92. The molecule has 0 saturated heterocycles. The van der Waals surface area contributed by atoms with E-state index in [0.717, 1.165) is 20.1 Å². The minimum Gasteiger partial charge on any atom is -0.272 e. The number of aromatic nitrogens is 1. The first kappa shape index (κ1) is 17.0. The fraction of sp³-hybridized carbons (Fsp3) is 0.118. The number of fused-ring (bicyclic) bond motifs is 1. The molecule has 0 aliphatic carbocycles. The number of carbonyl (C=O) groups is 1. The second-order valence-electron chi connectivity index (χ2n) is 4.99. The number of thiazole rings is 1. The summed E-state index contributed by atoms with van der Waals surface area (Å²) in [7, 11) is 0. The Morgan fingerprint density at radius 3 is 2.79 bits per heavy atom. The van der Waals surface area contributed by atoms with E-state index < -0.39 is 0 Å². The van der Waals surface area contributed by atoms with Crippen LogP contribution < -0.4 is 5.43 Å². The van der Waals surface area contributed by atoms with Gasteiger partial charge in [0.05, 0.1) is 21.7 Å². The summed E-state index contributed by atoms with van der Waals surface area (Å²) < 4.78 is 1.99. The Hall–Kier alpha value is -1.89. The smallest absolute Gasteiger partial charge is 0.253 e. The lowest BCUT2D eigenvalue weighted by molar-refractivity contribution is -0.120. The highest BCUT2D eigenvalue weighted by atomic mass is 35.5. The van der Waals surface area contributed by atoms with Crippen molar-refractivity contribution in [1.82, 2.24) is 10.4 Å². The van der Waals surface area contributed by atoms with Crippen LogP contribution >= 0.6 is 34.7 Å². The highest BCUT2D eigenvalue weighted by Crippen LogP contribution is 2.31. The van der Waals surface area contributed by atoms with Gasteiger partial charge in [-0.25, -0.2) is 10.4 Å². The lowest BCUT2D eigenvalue weighted by Gasteiger charge is -2.06. The monoisotopic (exact) mass is 375 g/mol. The van der Waals surface area contributed by atoms with E-state index in [1.165, 1.54) is 11.8 Å². The van der Waals surface area contributed by atoms with E-state index in [4.69, 9.17) is 11.6 Å². The first-order valence-electron chi connectivity index (χ1n) is 7.22. The summed E-state index contributed by atoms with van der Waals surface area (Å²) in [4.78, 5) is 16.6. The maximum Gasteiger partial charge on any atom is 0.253 e. The molecule has 24 heavy (non-hydrogen) atoms. The molecule has 1 unspecified atom stereocenters. The van der Waals surface area contributed by atoms with Gasteiger partial charge in [0.15, 0.2) is 4.34 Å². The normalized spacial score (nSPS) is 12.6. The molecule has 3 aromatic rings. The lowest BCUT2D eigenvalue weighted by Crippen LogP contribution is -2.26. The number of halogens is 1. The van der Waals surface area contributed by atoms with Gasteiger partial charge in [0, 0.05) is 5.02 Å². The van der Waals surface area contributed by atoms with Gasteiger partial charge in [-0.2, -0.15) is 5.10 Å². The molecule has 0 saturated carbocycles. The number of para-hydroxylation sites is 1. The molecule has 3 rings (SSSR count). The van der Waals surface area contributed by atoms with Crippen LogP contribution in [0.4, 0.5) is 0 Å². The SMILES string of the molecule is CC(Sc1nc2ccccc2s1)C(=O)N/N=C/c1ccc(Cl)cc1. The molecule has 0 spiro atoms. The minimum atomic E-state index is -0.284. The first-order valence-corrected chi connectivity index (χ1v) is 9.30. The van der Waals surface area contributed by atoms with Crippen LogP contribution in [-0.2, 0) is 4.79 Å². The van der Waals surface area contributed by atoms with Crippen molar-refractivity contribution in [3.63, 3.8) is 0 Å². The second kappa shape index (κ2) is 7.79. The summed E-state index contributed by atoms with van der Waals surface area (Å²) in [5, 5.41) is 4.36. The molecule has 0 aliphatic heterocycles. The van der Waals surface area contributed by atoms with Crippen LogP contribution in [0.15, 0.2) is 58.0 Å². The van der Waals surface area contributed by atoms with Crippen molar-refractivity contribution in [1.29, 1.82) is 0 Å². The van der Waals surface area contributed by atoms with Gasteiger partial charge in [-0.3, -0.25) is 4.79 Å². The molecule has 7 heteroatoms. The Morgan fingerprint density at radius 2 is 2.04 bits per heavy atom. The summed E-state index contributed by atoms with van der Waals surface area (Å²) in [6, 6.07) is 15.1. The Kier molecular flexibility index (Phi) is 5.50. The molecule has 2 aromatic carbocycles. The molecule has 1 aromatic heterocycles. The number of nitrogens with one attached hydrogen (secondary N) is 1. The fourth-order valence-corrected chi connectivity index (χ4v) is 4.25. The van der Waals surface area contributed by atoms with Crippen molar-refractivity contribution in [3.05, 3.63) is 59.1 Å². The number of hydrogen-bond acceptors (Lipinski definition) is 5. The second-order valence-corrected chi connectivity index (χ2v) is 8.05. The Balaban J connectivity index is 1.57. The zero-order valence-electron chi connectivity index (χ0n) is 12.8. The summed E-state index contributed by atoms with van der Waals surface area (Å²) in [5.74, 6) is -0.163. The van der Waals surface area contributed by atoms with Gasteiger partial charge in [0.1, 0.15) is 0 Å². The standard InChI is InChI=1S/C17H14ClN3OS2/c1-11(23-17-20-14-4-2-3-5-15(14)24-17)16(22)21-19-10-12-6-8-13(18)9-7-12/h2-11H,1H3,(H,21,22)/b19-10+. The zero-order chi connectivity index (χ0) is 16.9. The molecule has 0 radical (unpaired) electrons. The number of benzene rings is 2. The molecular formula is C17H14ClN3OS2. The predicted molar refractivity (Wildman–Crippen MR) is 102 cm³/mol. The minimum absolute atomic E-state index is 0.163. The van der Waals surface area contributed by atoms with Gasteiger partial charge in [-0.1, -0.05) is 47.6 Å². The third-order valence-corrected chi connectivity index (χ3v) is 5.66. The van der Waals surface area contributed by atoms with Crippen LogP contribution in [0.2, 0.25) is 5.02 Å². The Labute approximate surface area is 152 Å². The lowest BCUT2D eigenvalue weighted by atomic mass is 10.2. The molecule has 1 amide bonds. The summed E-state index contributed by atoms with van der Waals surface area (Å²) >= 11 is 8.84. The van der Waals surface area contributed by atoms with Crippen LogP contribution in [0.3, 0.4) is 0 Å². The molecule has 122 valence electrons. The highest BCUT2D eigenvalue weighted by molar-refractivity contribution is 8.02. The van der Waals surface area contributed by atoms with Crippen LogP contribution in [0, 0.1) is 0 Å². The average molecular weight is 376 g/mol. The molecule has 1 N–H and O–H groups in total. The quantitative estimate of drug-likeness (QED) is 0.403. The number of amides is 1. The van der Waals surface area contributed by atoms with Gasteiger partial charge in [0.2, 0.25) is 0 Å². The van der Waals surface area contributed by atoms with E-state index in [1.807, 2.05) is 43.3 Å². The van der Waals surface area contributed by atoms with Gasteiger partial charge in [0.25, 0.3) is 5.91 Å². The molecular weight excluding hydrogens is 362 g/mol. The van der Waals surface area contributed by atoms with Gasteiger partial charge in [-0.15, -0.1) is 11.3 Å². The Bertz CT molecular complexity index is 844. The third-order valence-electron chi connectivity index (χ3n) is 3.18. The number of carbonyl (C=O) groups excluding carboxylic acids is 1. The maximum atomic E-state index is 12.1. The van der Waals surface area contributed by atoms with E-state index in [0.29, 0.717) is 5.02 Å². The number of thioether (sulfide) groups is 1. The number of nitrogens with zero attached hydrogens (tertiary/aromatic N) is 2. The van der Waals surface area contributed by atoms with Gasteiger partial charge in [-0.05, 0) is 36.8 Å². The summed E-state index contributed by atoms with van der Waals surface area (Å²) in [5.41, 5.74) is 4.38. The first-order chi connectivity index (χ1) is 11.6. The summed E-state index contributed by atoms with van der Waals surface area (Å²) in [6.07, 6.45) is 1.59. The molecule has 1 heterocycles. The van der Waals surface area contributed by atoms with Crippen LogP contribution in [0.25, 0.3) is 10.2 Å². The highest BCUT2D eigenvalue weighted by Gasteiger charge is 2.16. The zero-order valence-corrected chi connectivity index (χ0v) is 15.2. The third kappa shape index (κ3) is 4.35. The van der Waals surface area contributed by atoms with Crippen molar-refractivity contribution in [2.45, 2.75) is 16.5 Å². The molecule has 0 aliphatic rings. The molecule has 0 fully saturated rings. The molecule has 4 nitrogen and oxygen atoms in total. The van der Waals surface area contributed by atoms with Crippen molar-refractivity contribution < 1.29 is 4.79 Å². The number of rotatable bonds is 5. The largest absolute Gasteiger partial charge is 0.272 e. The van der Waals surface area contributed by atoms with Gasteiger partial charge < -0.3 is 0 Å². The van der Waals surface area contributed by atoms with E-state index in [2.05, 4.69) is 15.5 Å².